The van der Waals surface area contributed by atoms with Crippen molar-refractivity contribution in [1.29, 1.82) is 0 Å². The second-order valence-corrected chi connectivity index (χ2v) is 4.41. The van der Waals surface area contributed by atoms with Crippen LogP contribution < -0.4 is 5.32 Å². The summed E-state index contributed by atoms with van der Waals surface area (Å²) in [4.78, 5) is 11.8. The zero-order valence-corrected chi connectivity index (χ0v) is 11.5. The van der Waals surface area contributed by atoms with Gasteiger partial charge < -0.3 is 10.1 Å². The van der Waals surface area contributed by atoms with Crippen LogP contribution in [0.25, 0.3) is 0 Å². The summed E-state index contributed by atoms with van der Waals surface area (Å²) < 4.78 is 18.1. The fourth-order valence-electron chi connectivity index (χ4n) is 1.27. The molecule has 0 radical (unpaired) electrons. The second-order valence-electron chi connectivity index (χ2n) is 3.38. The number of methoxy groups -OCH3 is 1. The van der Waals surface area contributed by atoms with E-state index in [1.807, 2.05) is 0 Å². The second kappa shape index (κ2) is 6.93. The largest absolute Gasteiger partial charge is 0.383 e. The third-order valence-corrected chi connectivity index (χ3v) is 3.25. The zero-order chi connectivity index (χ0) is 12.8. The summed E-state index contributed by atoms with van der Waals surface area (Å²) in [6.07, 6.45) is 0. The van der Waals surface area contributed by atoms with Crippen LogP contribution >= 0.6 is 27.5 Å². The molecule has 0 fully saturated rings. The van der Waals surface area contributed by atoms with Gasteiger partial charge in [0.15, 0.2) is 0 Å². The van der Waals surface area contributed by atoms with Crippen LogP contribution in [0.3, 0.4) is 0 Å². The Morgan fingerprint density at radius 3 is 2.94 bits per heavy atom. The molecule has 0 aliphatic heterocycles. The van der Waals surface area contributed by atoms with Crippen LogP contribution in [0.15, 0.2) is 18.2 Å². The molecule has 0 spiro atoms. The maximum atomic E-state index is 13.2. The van der Waals surface area contributed by atoms with Gasteiger partial charge in [-0.25, -0.2) is 4.39 Å². The molecular formula is C11H12BrClFNO2. The summed E-state index contributed by atoms with van der Waals surface area (Å²) in [7, 11) is 1.54. The SMILES string of the molecule is COCC(CBr)NC(=O)c1cccc(F)c1Cl. The molecular weight excluding hydrogens is 312 g/mol. The maximum absolute atomic E-state index is 13.2. The van der Waals surface area contributed by atoms with E-state index in [0.29, 0.717) is 11.9 Å². The molecule has 17 heavy (non-hydrogen) atoms. The highest BCUT2D eigenvalue weighted by atomic mass is 79.9. The minimum atomic E-state index is -0.610. The van der Waals surface area contributed by atoms with Crippen molar-refractivity contribution in [2.75, 3.05) is 19.0 Å². The van der Waals surface area contributed by atoms with Gasteiger partial charge in [-0.1, -0.05) is 33.6 Å². The van der Waals surface area contributed by atoms with Crippen molar-refractivity contribution >= 4 is 33.4 Å². The molecule has 1 N–H and O–H groups in total. The summed E-state index contributed by atoms with van der Waals surface area (Å²) in [5.41, 5.74) is 0.119. The lowest BCUT2D eigenvalue weighted by atomic mass is 10.2. The summed E-state index contributed by atoms with van der Waals surface area (Å²) in [6, 6.07) is 3.93. The molecule has 0 aliphatic rings. The molecule has 0 saturated carbocycles. The molecule has 0 aromatic heterocycles. The quantitative estimate of drug-likeness (QED) is 0.846. The number of halogens is 3. The number of carbonyl (C=O) groups excluding carboxylic acids is 1. The highest BCUT2D eigenvalue weighted by molar-refractivity contribution is 9.09. The van der Waals surface area contributed by atoms with Gasteiger partial charge in [-0.2, -0.15) is 0 Å². The number of nitrogens with one attached hydrogen (secondary N) is 1. The number of alkyl halides is 1. The van der Waals surface area contributed by atoms with Gasteiger partial charge in [-0.3, -0.25) is 4.79 Å². The Labute approximate surface area is 112 Å². The normalized spacial score (nSPS) is 12.2. The smallest absolute Gasteiger partial charge is 0.253 e. The van der Waals surface area contributed by atoms with Crippen LogP contribution in [-0.2, 0) is 4.74 Å². The minimum absolute atomic E-state index is 0.119. The van der Waals surface area contributed by atoms with E-state index in [4.69, 9.17) is 16.3 Å². The maximum Gasteiger partial charge on any atom is 0.253 e. The summed E-state index contributed by atoms with van der Waals surface area (Å²) in [5, 5.41) is 3.06. The van der Waals surface area contributed by atoms with Gasteiger partial charge in [0.1, 0.15) is 5.82 Å². The highest BCUT2D eigenvalue weighted by Gasteiger charge is 2.16. The first kappa shape index (κ1) is 14.4. The Morgan fingerprint density at radius 2 is 2.35 bits per heavy atom. The number of rotatable bonds is 5. The van der Waals surface area contributed by atoms with Gasteiger partial charge in [0.2, 0.25) is 0 Å². The molecule has 1 unspecified atom stereocenters. The van der Waals surface area contributed by atoms with Gasteiger partial charge >= 0.3 is 0 Å². The third kappa shape index (κ3) is 3.94. The van der Waals surface area contributed by atoms with E-state index >= 15 is 0 Å². The summed E-state index contributed by atoms with van der Waals surface area (Å²) >= 11 is 8.96. The van der Waals surface area contributed by atoms with Crippen molar-refractivity contribution in [2.24, 2.45) is 0 Å². The van der Waals surface area contributed by atoms with Crippen LogP contribution in [0.1, 0.15) is 10.4 Å². The van der Waals surface area contributed by atoms with Crippen LogP contribution in [0, 0.1) is 5.82 Å². The number of amides is 1. The first-order valence-electron chi connectivity index (χ1n) is 4.90. The van der Waals surface area contributed by atoms with Crippen LogP contribution in [-0.4, -0.2) is 31.0 Å². The molecule has 1 atom stereocenters. The number of carbonyl (C=O) groups is 1. The zero-order valence-electron chi connectivity index (χ0n) is 9.17. The van der Waals surface area contributed by atoms with Gasteiger partial charge in [0.05, 0.1) is 23.2 Å². The molecule has 1 aromatic rings. The number of ether oxygens (including phenoxy) is 1. The van der Waals surface area contributed by atoms with Gasteiger partial charge in [0.25, 0.3) is 5.91 Å². The first-order valence-corrected chi connectivity index (χ1v) is 6.39. The average molecular weight is 325 g/mol. The topological polar surface area (TPSA) is 38.3 Å². The molecule has 0 bridgehead atoms. The fourth-order valence-corrected chi connectivity index (χ4v) is 1.83. The Kier molecular flexibility index (Phi) is 5.88. The van der Waals surface area contributed by atoms with E-state index in [-0.39, 0.29) is 16.6 Å². The predicted octanol–water partition coefficient (Wildman–Crippen LogP) is 2.62. The molecule has 1 rings (SSSR count). The molecule has 0 saturated heterocycles. The van der Waals surface area contributed by atoms with Crippen molar-refractivity contribution < 1.29 is 13.9 Å². The van der Waals surface area contributed by atoms with Crippen molar-refractivity contribution in [3.63, 3.8) is 0 Å². The molecule has 0 aliphatic carbocycles. The monoisotopic (exact) mass is 323 g/mol. The Balaban J connectivity index is 2.79. The summed E-state index contributed by atoms with van der Waals surface area (Å²) in [5.74, 6) is -1.03. The molecule has 3 nitrogen and oxygen atoms in total. The van der Waals surface area contributed by atoms with Crippen LogP contribution in [0.4, 0.5) is 4.39 Å². The molecule has 94 valence electrons. The predicted molar refractivity (Wildman–Crippen MR) is 68.3 cm³/mol. The van der Waals surface area contributed by atoms with E-state index in [1.54, 1.807) is 0 Å². The van der Waals surface area contributed by atoms with Gasteiger partial charge in [-0.05, 0) is 12.1 Å². The van der Waals surface area contributed by atoms with E-state index in [2.05, 4.69) is 21.2 Å². The number of hydrogen-bond donors (Lipinski definition) is 1. The lowest BCUT2D eigenvalue weighted by Crippen LogP contribution is -2.39. The Hall–Kier alpha value is -0.650. The van der Waals surface area contributed by atoms with Gasteiger partial charge in [0, 0.05) is 12.4 Å². The van der Waals surface area contributed by atoms with E-state index in [9.17, 15) is 9.18 Å². The van der Waals surface area contributed by atoms with Crippen molar-refractivity contribution in [3.05, 3.63) is 34.6 Å². The fraction of sp³-hybridized carbons (Fsp3) is 0.364. The average Bonchev–Trinajstić information content (AvgIpc) is 2.31. The molecule has 6 heteroatoms. The highest BCUT2D eigenvalue weighted by Crippen LogP contribution is 2.19. The Morgan fingerprint density at radius 1 is 1.65 bits per heavy atom. The van der Waals surface area contributed by atoms with Crippen molar-refractivity contribution in [1.82, 2.24) is 5.32 Å². The van der Waals surface area contributed by atoms with Crippen molar-refractivity contribution in [2.45, 2.75) is 6.04 Å². The summed E-state index contributed by atoms with van der Waals surface area (Å²) in [6.45, 7) is 0.365. The number of hydrogen-bond acceptors (Lipinski definition) is 2. The molecule has 1 amide bonds. The standard InChI is InChI=1S/C11H12BrClFNO2/c1-17-6-7(5-12)15-11(16)8-3-2-4-9(14)10(8)13/h2-4,7H,5-6H2,1H3,(H,15,16). The third-order valence-electron chi connectivity index (χ3n) is 2.09. The van der Waals surface area contributed by atoms with Gasteiger partial charge in [-0.15, -0.1) is 0 Å². The Bertz CT molecular complexity index is 403. The van der Waals surface area contributed by atoms with Crippen LogP contribution in [0.2, 0.25) is 5.02 Å². The van der Waals surface area contributed by atoms with Crippen LogP contribution in [0.5, 0.6) is 0 Å². The lowest BCUT2D eigenvalue weighted by Gasteiger charge is -2.15. The molecule has 0 heterocycles. The first-order chi connectivity index (χ1) is 8.10. The number of benzene rings is 1. The van der Waals surface area contributed by atoms with E-state index in [0.717, 1.165) is 0 Å². The molecule has 1 aromatic carbocycles. The lowest BCUT2D eigenvalue weighted by molar-refractivity contribution is 0.0907. The minimum Gasteiger partial charge on any atom is -0.383 e. The van der Waals surface area contributed by atoms with Crippen molar-refractivity contribution in [3.8, 4) is 0 Å². The van der Waals surface area contributed by atoms with E-state index in [1.165, 1.54) is 25.3 Å². The van der Waals surface area contributed by atoms with E-state index < -0.39 is 11.7 Å².